The third-order valence-corrected chi connectivity index (χ3v) is 3.27. The highest BCUT2D eigenvalue weighted by molar-refractivity contribution is 5.34. The molecule has 0 saturated heterocycles. The average molecular weight is 220 g/mol. The summed E-state index contributed by atoms with van der Waals surface area (Å²) in [5, 5.41) is 3.27. The minimum absolute atomic E-state index is 0.523. The lowest BCUT2D eigenvalue weighted by molar-refractivity contribution is 0.293. The first-order valence-electron chi connectivity index (χ1n) is 6.06. The number of hydrogen-bond donors (Lipinski definition) is 2. The molecule has 1 aliphatic carbocycles. The smallest absolute Gasteiger partial charge is 0.224 e. The van der Waals surface area contributed by atoms with Gasteiger partial charge in [-0.15, -0.1) is 0 Å². The Hall–Kier alpha value is -1.32. The Morgan fingerprint density at radius 3 is 3.12 bits per heavy atom. The molecule has 2 rings (SSSR count). The lowest BCUT2D eigenvalue weighted by Crippen LogP contribution is -2.21. The molecule has 16 heavy (non-hydrogen) atoms. The summed E-state index contributed by atoms with van der Waals surface area (Å²) in [6, 6.07) is 1.70. The molecule has 1 saturated carbocycles. The van der Waals surface area contributed by atoms with Gasteiger partial charge >= 0.3 is 0 Å². The molecule has 1 aromatic rings. The van der Waals surface area contributed by atoms with Crippen molar-refractivity contribution < 1.29 is 0 Å². The summed E-state index contributed by atoms with van der Waals surface area (Å²) in [4.78, 5) is 8.27. The van der Waals surface area contributed by atoms with Crippen LogP contribution in [-0.2, 0) is 0 Å². The van der Waals surface area contributed by atoms with Gasteiger partial charge in [-0.05, 0) is 30.7 Å². The van der Waals surface area contributed by atoms with E-state index in [9.17, 15) is 0 Å². The first-order chi connectivity index (χ1) is 7.74. The third-order valence-electron chi connectivity index (χ3n) is 3.27. The summed E-state index contributed by atoms with van der Waals surface area (Å²) in [6.45, 7) is 3.30. The molecule has 0 amide bonds. The predicted octanol–water partition coefficient (Wildman–Crippen LogP) is 2.30. The van der Waals surface area contributed by atoms with E-state index in [0.29, 0.717) is 11.8 Å². The molecule has 2 atom stereocenters. The zero-order chi connectivity index (χ0) is 11.4. The number of rotatable bonds is 3. The summed E-state index contributed by atoms with van der Waals surface area (Å²) in [7, 11) is 0. The summed E-state index contributed by atoms with van der Waals surface area (Å²) < 4.78 is 0. The van der Waals surface area contributed by atoms with Crippen molar-refractivity contribution in [2.75, 3.05) is 17.6 Å². The van der Waals surface area contributed by atoms with Crippen molar-refractivity contribution in [3.8, 4) is 0 Å². The van der Waals surface area contributed by atoms with Gasteiger partial charge in [0.1, 0.15) is 5.82 Å². The number of nitrogens with two attached hydrogens (primary N) is 1. The van der Waals surface area contributed by atoms with Gasteiger partial charge < -0.3 is 11.1 Å². The molecular formula is C12H20N4. The standard InChI is InChI=1S/C12H20N4/c1-9-3-2-4-10(7-9)8-15-12-14-6-5-11(13)16-12/h5-6,9-10H,2-4,7-8H2,1H3,(H3,13,14,15,16). The summed E-state index contributed by atoms with van der Waals surface area (Å²) in [5.74, 6) is 2.80. The lowest BCUT2D eigenvalue weighted by Gasteiger charge is -2.26. The molecule has 0 aliphatic heterocycles. The van der Waals surface area contributed by atoms with Crippen molar-refractivity contribution in [3.63, 3.8) is 0 Å². The van der Waals surface area contributed by atoms with E-state index in [0.717, 1.165) is 18.4 Å². The molecule has 4 heteroatoms. The van der Waals surface area contributed by atoms with Gasteiger partial charge in [-0.2, -0.15) is 4.98 Å². The minimum Gasteiger partial charge on any atom is -0.384 e. The summed E-state index contributed by atoms with van der Waals surface area (Å²) in [5.41, 5.74) is 5.60. The van der Waals surface area contributed by atoms with Gasteiger partial charge in [-0.25, -0.2) is 4.98 Å². The van der Waals surface area contributed by atoms with Crippen LogP contribution >= 0.6 is 0 Å². The van der Waals surface area contributed by atoms with Gasteiger partial charge in [0.15, 0.2) is 0 Å². The second-order valence-electron chi connectivity index (χ2n) is 4.82. The fraction of sp³-hybridized carbons (Fsp3) is 0.667. The third kappa shape index (κ3) is 3.08. The van der Waals surface area contributed by atoms with E-state index < -0.39 is 0 Å². The van der Waals surface area contributed by atoms with Gasteiger partial charge in [-0.1, -0.05) is 19.8 Å². The van der Waals surface area contributed by atoms with Gasteiger partial charge in [0.25, 0.3) is 0 Å². The summed E-state index contributed by atoms with van der Waals surface area (Å²) >= 11 is 0. The largest absolute Gasteiger partial charge is 0.384 e. The number of anilines is 2. The molecule has 2 unspecified atom stereocenters. The molecule has 1 fully saturated rings. The van der Waals surface area contributed by atoms with E-state index in [1.807, 2.05) is 0 Å². The van der Waals surface area contributed by atoms with E-state index in [-0.39, 0.29) is 0 Å². The fourth-order valence-electron chi connectivity index (χ4n) is 2.44. The van der Waals surface area contributed by atoms with Crippen LogP contribution in [0.25, 0.3) is 0 Å². The zero-order valence-electron chi connectivity index (χ0n) is 9.82. The molecule has 0 radical (unpaired) electrons. The highest BCUT2D eigenvalue weighted by Crippen LogP contribution is 2.28. The quantitative estimate of drug-likeness (QED) is 0.820. The molecule has 4 nitrogen and oxygen atoms in total. The van der Waals surface area contributed by atoms with Gasteiger partial charge in [-0.3, -0.25) is 0 Å². The Bertz CT molecular complexity index is 340. The molecule has 0 aromatic carbocycles. The summed E-state index contributed by atoms with van der Waals surface area (Å²) in [6.07, 6.45) is 7.06. The van der Waals surface area contributed by atoms with E-state index >= 15 is 0 Å². The molecule has 1 aromatic heterocycles. The highest BCUT2D eigenvalue weighted by Gasteiger charge is 2.18. The van der Waals surface area contributed by atoms with Crippen molar-refractivity contribution in [2.45, 2.75) is 32.6 Å². The second-order valence-corrected chi connectivity index (χ2v) is 4.82. The molecular weight excluding hydrogens is 200 g/mol. The Morgan fingerprint density at radius 1 is 1.50 bits per heavy atom. The van der Waals surface area contributed by atoms with Crippen LogP contribution in [0.1, 0.15) is 32.6 Å². The number of hydrogen-bond acceptors (Lipinski definition) is 4. The molecule has 3 N–H and O–H groups in total. The van der Waals surface area contributed by atoms with Gasteiger partial charge in [0.05, 0.1) is 0 Å². The van der Waals surface area contributed by atoms with Crippen LogP contribution in [0.5, 0.6) is 0 Å². The van der Waals surface area contributed by atoms with Crippen LogP contribution in [0.15, 0.2) is 12.3 Å². The number of nitrogen functional groups attached to an aromatic ring is 1. The Balaban J connectivity index is 1.82. The maximum atomic E-state index is 5.60. The predicted molar refractivity (Wildman–Crippen MR) is 66.1 cm³/mol. The SMILES string of the molecule is CC1CCCC(CNc2nccc(N)n2)C1. The Kier molecular flexibility index (Phi) is 3.59. The lowest BCUT2D eigenvalue weighted by atomic mass is 9.82. The normalized spacial score (nSPS) is 25.3. The molecule has 0 spiro atoms. The molecule has 1 heterocycles. The zero-order valence-corrected chi connectivity index (χ0v) is 9.82. The van der Waals surface area contributed by atoms with Crippen LogP contribution in [0.3, 0.4) is 0 Å². The van der Waals surface area contributed by atoms with Crippen molar-refractivity contribution >= 4 is 11.8 Å². The molecule has 88 valence electrons. The molecule has 0 bridgehead atoms. The maximum absolute atomic E-state index is 5.60. The van der Waals surface area contributed by atoms with E-state index in [2.05, 4.69) is 22.2 Å². The van der Waals surface area contributed by atoms with Crippen molar-refractivity contribution in [2.24, 2.45) is 11.8 Å². The number of aromatic nitrogens is 2. The van der Waals surface area contributed by atoms with Crippen molar-refractivity contribution in [1.29, 1.82) is 0 Å². The number of nitrogens with zero attached hydrogens (tertiary/aromatic N) is 2. The number of nitrogens with one attached hydrogen (secondary N) is 1. The van der Waals surface area contributed by atoms with Crippen LogP contribution in [0.2, 0.25) is 0 Å². The first kappa shape index (κ1) is 11.2. The minimum atomic E-state index is 0.523. The second kappa shape index (κ2) is 5.14. The van der Waals surface area contributed by atoms with Gasteiger partial charge in [0.2, 0.25) is 5.95 Å². The topological polar surface area (TPSA) is 63.8 Å². The van der Waals surface area contributed by atoms with Crippen LogP contribution in [-0.4, -0.2) is 16.5 Å². The van der Waals surface area contributed by atoms with Crippen molar-refractivity contribution in [1.82, 2.24) is 9.97 Å². The van der Waals surface area contributed by atoms with E-state index in [1.165, 1.54) is 25.7 Å². The van der Waals surface area contributed by atoms with E-state index in [4.69, 9.17) is 5.73 Å². The Labute approximate surface area is 96.7 Å². The average Bonchev–Trinajstić information content (AvgIpc) is 2.27. The highest BCUT2D eigenvalue weighted by atomic mass is 15.1. The first-order valence-corrected chi connectivity index (χ1v) is 6.06. The molecule has 1 aliphatic rings. The van der Waals surface area contributed by atoms with Crippen LogP contribution < -0.4 is 11.1 Å². The fourth-order valence-corrected chi connectivity index (χ4v) is 2.44. The van der Waals surface area contributed by atoms with E-state index in [1.54, 1.807) is 12.3 Å². The maximum Gasteiger partial charge on any atom is 0.224 e. The van der Waals surface area contributed by atoms with Crippen molar-refractivity contribution in [3.05, 3.63) is 12.3 Å². The van der Waals surface area contributed by atoms with Gasteiger partial charge in [0, 0.05) is 12.7 Å². The van der Waals surface area contributed by atoms with Crippen LogP contribution in [0, 0.1) is 11.8 Å². The Morgan fingerprint density at radius 2 is 2.38 bits per heavy atom. The van der Waals surface area contributed by atoms with Crippen LogP contribution in [0.4, 0.5) is 11.8 Å². The monoisotopic (exact) mass is 220 g/mol.